The van der Waals surface area contributed by atoms with Gasteiger partial charge in [-0.2, -0.15) is 4.98 Å². The predicted molar refractivity (Wildman–Crippen MR) is 62.3 cm³/mol. The van der Waals surface area contributed by atoms with E-state index >= 15 is 0 Å². The van der Waals surface area contributed by atoms with Gasteiger partial charge >= 0.3 is 5.69 Å². The number of ether oxygens (including phenoxy) is 1. The number of hydrogen-bond donors (Lipinski definition) is 1. The van der Waals surface area contributed by atoms with Crippen LogP contribution in [-0.4, -0.2) is 54.1 Å². The summed E-state index contributed by atoms with van der Waals surface area (Å²) in [7, 11) is 5.33. The number of anilines is 1. The van der Waals surface area contributed by atoms with E-state index in [9.17, 15) is 10.1 Å². The number of nitro groups is 1. The van der Waals surface area contributed by atoms with Gasteiger partial charge in [0.25, 0.3) is 5.88 Å². The Balaban J connectivity index is 2.87. The van der Waals surface area contributed by atoms with Crippen LogP contribution in [0.25, 0.3) is 0 Å². The first-order valence-electron chi connectivity index (χ1n) is 5.01. The van der Waals surface area contributed by atoms with E-state index in [1.54, 1.807) is 7.05 Å². The van der Waals surface area contributed by atoms with Crippen molar-refractivity contribution in [2.24, 2.45) is 0 Å². The third kappa shape index (κ3) is 3.52. The Bertz CT molecular complexity index is 396. The molecule has 1 aromatic rings. The lowest BCUT2D eigenvalue weighted by Crippen LogP contribution is -2.20. The van der Waals surface area contributed by atoms with Crippen molar-refractivity contribution in [1.29, 1.82) is 0 Å². The van der Waals surface area contributed by atoms with Gasteiger partial charge in [0, 0.05) is 13.6 Å². The molecule has 0 spiro atoms. The van der Waals surface area contributed by atoms with Crippen molar-refractivity contribution >= 4 is 11.5 Å². The van der Waals surface area contributed by atoms with Crippen molar-refractivity contribution in [2.75, 3.05) is 39.6 Å². The number of likely N-dealkylation sites (N-methyl/N-ethyl adjacent to an activating group) is 1. The van der Waals surface area contributed by atoms with E-state index in [0.29, 0.717) is 13.2 Å². The molecule has 0 aliphatic carbocycles. The lowest BCUT2D eigenvalue weighted by Gasteiger charge is -2.10. The molecule has 0 saturated heterocycles. The van der Waals surface area contributed by atoms with Crippen LogP contribution in [0.2, 0.25) is 0 Å². The minimum Gasteiger partial charge on any atom is -0.471 e. The monoisotopic (exact) mass is 241 g/mol. The van der Waals surface area contributed by atoms with E-state index in [0.717, 1.165) is 0 Å². The molecule has 0 fully saturated rings. The number of aromatic nitrogens is 2. The van der Waals surface area contributed by atoms with E-state index in [2.05, 4.69) is 15.3 Å². The number of hydrogen-bond acceptors (Lipinski definition) is 7. The molecule has 1 aromatic heterocycles. The summed E-state index contributed by atoms with van der Waals surface area (Å²) in [5, 5.41) is 13.5. The molecule has 1 heterocycles. The smallest absolute Gasteiger partial charge is 0.372 e. The minimum absolute atomic E-state index is 0.0174. The van der Waals surface area contributed by atoms with Gasteiger partial charge in [-0.3, -0.25) is 10.1 Å². The summed E-state index contributed by atoms with van der Waals surface area (Å²) in [5.41, 5.74) is -0.242. The Labute approximate surface area is 98.8 Å². The normalized spacial score (nSPS) is 10.4. The lowest BCUT2D eigenvalue weighted by molar-refractivity contribution is -0.385. The van der Waals surface area contributed by atoms with Gasteiger partial charge in [0.2, 0.25) is 5.82 Å². The quantitative estimate of drug-likeness (QED) is 0.568. The number of rotatable bonds is 6. The molecule has 0 amide bonds. The zero-order valence-electron chi connectivity index (χ0n) is 10.0. The van der Waals surface area contributed by atoms with E-state index < -0.39 is 4.92 Å². The highest BCUT2D eigenvalue weighted by Crippen LogP contribution is 2.30. The average Bonchev–Trinajstić information content (AvgIpc) is 2.27. The number of nitrogens with one attached hydrogen (secondary N) is 1. The van der Waals surface area contributed by atoms with Crippen LogP contribution < -0.4 is 10.1 Å². The van der Waals surface area contributed by atoms with Gasteiger partial charge < -0.3 is 15.0 Å². The predicted octanol–water partition coefficient (Wildman–Crippen LogP) is 0.367. The molecule has 0 bridgehead atoms. The maximum absolute atomic E-state index is 10.9. The lowest BCUT2D eigenvalue weighted by atomic mass is 10.4. The first kappa shape index (κ1) is 13.1. The molecule has 0 unspecified atom stereocenters. The zero-order chi connectivity index (χ0) is 12.8. The molecular weight excluding hydrogens is 226 g/mol. The molecule has 0 saturated carbocycles. The Morgan fingerprint density at radius 2 is 2.24 bits per heavy atom. The summed E-state index contributed by atoms with van der Waals surface area (Å²) >= 11 is 0. The fourth-order valence-electron chi connectivity index (χ4n) is 1.14. The molecule has 8 heteroatoms. The maximum atomic E-state index is 10.9. The molecular formula is C9H15N5O3. The Morgan fingerprint density at radius 1 is 1.53 bits per heavy atom. The summed E-state index contributed by atoms with van der Waals surface area (Å²) in [6, 6.07) is 0. The maximum Gasteiger partial charge on any atom is 0.372 e. The molecule has 1 N–H and O–H groups in total. The van der Waals surface area contributed by atoms with Crippen molar-refractivity contribution in [3.05, 3.63) is 16.4 Å². The average molecular weight is 241 g/mol. The van der Waals surface area contributed by atoms with Crippen LogP contribution in [0, 0.1) is 10.1 Å². The first-order chi connectivity index (χ1) is 8.06. The van der Waals surface area contributed by atoms with Crippen LogP contribution >= 0.6 is 0 Å². The number of nitrogens with zero attached hydrogens (tertiary/aromatic N) is 4. The van der Waals surface area contributed by atoms with E-state index in [-0.39, 0.29) is 17.4 Å². The van der Waals surface area contributed by atoms with Crippen molar-refractivity contribution in [3.8, 4) is 5.88 Å². The van der Waals surface area contributed by atoms with Gasteiger partial charge in [-0.1, -0.05) is 0 Å². The highest BCUT2D eigenvalue weighted by atomic mass is 16.6. The molecule has 0 aromatic carbocycles. The van der Waals surface area contributed by atoms with E-state index in [1.165, 1.54) is 6.33 Å². The van der Waals surface area contributed by atoms with Crippen molar-refractivity contribution in [3.63, 3.8) is 0 Å². The molecule has 0 radical (unpaired) electrons. The third-order valence-electron chi connectivity index (χ3n) is 1.99. The highest BCUT2D eigenvalue weighted by molar-refractivity contribution is 5.60. The highest BCUT2D eigenvalue weighted by Gasteiger charge is 2.23. The third-order valence-corrected chi connectivity index (χ3v) is 1.99. The van der Waals surface area contributed by atoms with Gasteiger partial charge in [0.1, 0.15) is 12.9 Å². The molecule has 8 nitrogen and oxygen atoms in total. The first-order valence-corrected chi connectivity index (χ1v) is 5.01. The van der Waals surface area contributed by atoms with Crippen LogP contribution in [0.3, 0.4) is 0 Å². The summed E-state index contributed by atoms with van der Waals surface area (Å²) < 4.78 is 5.28. The van der Waals surface area contributed by atoms with Gasteiger partial charge in [0.15, 0.2) is 0 Å². The summed E-state index contributed by atoms with van der Waals surface area (Å²) in [6.45, 7) is 0.976. The molecule has 17 heavy (non-hydrogen) atoms. The Kier molecular flexibility index (Phi) is 4.58. The second-order valence-electron chi connectivity index (χ2n) is 3.53. The SMILES string of the molecule is CNc1ncnc(OCCN(C)C)c1[N+](=O)[O-]. The van der Waals surface area contributed by atoms with Crippen molar-refractivity contribution in [2.45, 2.75) is 0 Å². The van der Waals surface area contributed by atoms with Crippen LogP contribution in [0.5, 0.6) is 5.88 Å². The standard InChI is InChI=1S/C9H15N5O3/c1-10-8-7(14(15)16)9(12-6-11-8)17-5-4-13(2)3/h6H,4-5H2,1-3H3,(H,10,11,12). The van der Waals surface area contributed by atoms with Gasteiger partial charge in [-0.15, -0.1) is 0 Å². The molecule has 0 aliphatic rings. The Hall–Kier alpha value is -1.96. The molecule has 1 rings (SSSR count). The molecule has 94 valence electrons. The van der Waals surface area contributed by atoms with Crippen molar-refractivity contribution in [1.82, 2.24) is 14.9 Å². The second kappa shape index (κ2) is 5.94. The van der Waals surface area contributed by atoms with E-state index in [4.69, 9.17) is 4.74 Å². The molecule has 0 atom stereocenters. The topological polar surface area (TPSA) is 93.4 Å². The van der Waals surface area contributed by atoms with Crippen molar-refractivity contribution < 1.29 is 9.66 Å². The summed E-state index contributed by atoms with van der Waals surface area (Å²) in [4.78, 5) is 19.8. The zero-order valence-corrected chi connectivity index (χ0v) is 10.0. The van der Waals surface area contributed by atoms with E-state index in [1.807, 2.05) is 19.0 Å². The minimum atomic E-state index is -0.559. The van der Waals surface area contributed by atoms with Crippen LogP contribution in [0.15, 0.2) is 6.33 Å². The second-order valence-corrected chi connectivity index (χ2v) is 3.53. The van der Waals surface area contributed by atoms with Gasteiger partial charge in [-0.25, -0.2) is 4.98 Å². The molecule has 0 aliphatic heterocycles. The summed E-state index contributed by atoms with van der Waals surface area (Å²) in [6.07, 6.45) is 1.23. The summed E-state index contributed by atoms with van der Waals surface area (Å²) in [5.74, 6) is 0.126. The largest absolute Gasteiger partial charge is 0.471 e. The van der Waals surface area contributed by atoms with Crippen LogP contribution in [-0.2, 0) is 0 Å². The Morgan fingerprint density at radius 3 is 2.76 bits per heavy atom. The van der Waals surface area contributed by atoms with Crippen LogP contribution in [0.4, 0.5) is 11.5 Å². The fourth-order valence-corrected chi connectivity index (χ4v) is 1.14. The van der Waals surface area contributed by atoms with Gasteiger partial charge in [-0.05, 0) is 14.1 Å². The fraction of sp³-hybridized carbons (Fsp3) is 0.556. The van der Waals surface area contributed by atoms with Crippen LogP contribution in [0.1, 0.15) is 0 Å². The van der Waals surface area contributed by atoms with Gasteiger partial charge in [0.05, 0.1) is 4.92 Å².